The minimum atomic E-state index is -0.0550. The lowest BCUT2D eigenvalue weighted by Gasteiger charge is -2.11. The first-order valence-electron chi connectivity index (χ1n) is 9.46. The predicted octanol–water partition coefficient (Wildman–Crippen LogP) is 3.25. The van der Waals surface area contributed by atoms with Gasteiger partial charge in [-0.2, -0.15) is 0 Å². The van der Waals surface area contributed by atoms with Gasteiger partial charge in [0.1, 0.15) is 5.75 Å². The Bertz CT molecular complexity index is 1160. The third-order valence-corrected chi connectivity index (χ3v) is 5.43. The van der Waals surface area contributed by atoms with Crippen molar-refractivity contribution in [2.75, 3.05) is 26.1 Å². The molecule has 0 aliphatic carbocycles. The average Bonchev–Trinajstić information content (AvgIpc) is 3.18. The zero-order valence-corrected chi connectivity index (χ0v) is 17.0. The number of hydrogen-bond acceptors (Lipinski definition) is 6. The molecule has 0 fully saturated rings. The Morgan fingerprint density at radius 3 is 2.62 bits per heavy atom. The molecule has 7 nitrogen and oxygen atoms in total. The summed E-state index contributed by atoms with van der Waals surface area (Å²) in [6.07, 6.45) is 0.727. The molecule has 0 bridgehead atoms. The molecule has 0 saturated heterocycles. The summed E-state index contributed by atoms with van der Waals surface area (Å²) in [5.41, 5.74) is 0.757. The number of para-hydroxylation sites is 2. The summed E-state index contributed by atoms with van der Waals surface area (Å²) in [4.78, 5) is 13.0. The maximum absolute atomic E-state index is 13.0. The van der Waals surface area contributed by atoms with E-state index in [0.717, 1.165) is 22.8 Å². The average molecular weight is 410 g/mol. The molecule has 2 aromatic carbocycles. The summed E-state index contributed by atoms with van der Waals surface area (Å²) < 4.78 is 14.5. The Balaban J connectivity index is 1.62. The van der Waals surface area contributed by atoms with Crippen LogP contribution in [0.5, 0.6) is 5.75 Å². The zero-order chi connectivity index (χ0) is 20.1. The molecular formula is C21H22N4O3S. The number of methoxy groups -OCH3 is 1. The number of benzene rings is 2. The quantitative estimate of drug-likeness (QED) is 0.312. The minimum Gasteiger partial charge on any atom is -0.493 e. The molecule has 29 heavy (non-hydrogen) atoms. The third-order valence-electron chi connectivity index (χ3n) is 4.53. The Labute approximate surface area is 172 Å². The van der Waals surface area contributed by atoms with Gasteiger partial charge in [-0.05, 0) is 30.7 Å². The van der Waals surface area contributed by atoms with Crippen LogP contribution in [0.15, 0.2) is 64.5 Å². The van der Waals surface area contributed by atoms with Gasteiger partial charge in [-0.1, -0.05) is 42.1 Å². The summed E-state index contributed by atoms with van der Waals surface area (Å²) in [5, 5.41) is 10.1. The van der Waals surface area contributed by atoms with Gasteiger partial charge in [-0.15, -0.1) is 10.2 Å². The Kier molecular flexibility index (Phi) is 6.12. The van der Waals surface area contributed by atoms with Crippen molar-refractivity contribution in [2.24, 2.45) is 0 Å². The molecule has 0 aliphatic rings. The standard InChI is InChI=1S/C21H22N4O3S/c1-27-13-7-12-24-19(26)17-10-5-6-11-18(17)25-20(24)22-23-21(25)29-15-14-28-16-8-3-2-4-9-16/h2-6,8-11H,7,12-15H2,1H3. The molecule has 0 saturated carbocycles. The molecule has 150 valence electrons. The lowest BCUT2D eigenvalue weighted by Crippen LogP contribution is -2.24. The number of nitrogens with zero attached hydrogens (tertiary/aromatic N) is 4. The second-order valence-electron chi connectivity index (χ2n) is 6.45. The summed E-state index contributed by atoms with van der Waals surface area (Å²) >= 11 is 1.56. The van der Waals surface area contributed by atoms with E-state index in [0.29, 0.717) is 36.7 Å². The van der Waals surface area contributed by atoms with Crippen molar-refractivity contribution in [2.45, 2.75) is 18.1 Å². The number of fused-ring (bicyclic) bond motifs is 3. The molecule has 0 atom stereocenters. The highest BCUT2D eigenvalue weighted by atomic mass is 32.2. The maximum Gasteiger partial charge on any atom is 0.262 e. The second kappa shape index (κ2) is 9.11. The number of rotatable bonds is 9. The van der Waals surface area contributed by atoms with E-state index in [-0.39, 0.29) is 5.56 Å². The highest BCUT2D eigenvalue weighted by Gasteiger charge is 2.16. The van der Waals surface area contributed by atoms with Crippen LogP contribution < -0.4 is 10.3 Å². The number of hydrogen-bond donors (Lipinski definition) is 0. The molecule has 0 spiro atoms. The van der Waals surface area contributed by atoms with Crippen molar-refractivity contribution in [1.82, 2.24) is 19.2 Å². The first-order chi connectivity index (χ1) is 14.3. The monoisotopic (exact) mass is 410 g/mol. The third kappa shape index (κ3) is 4.13. The van der Waals surface area contributed by atoms with Crippen LogP contribution in [0.4, 0.5) is 0 Å². The highest BCUT2D eigenvalue weighted by Crippen LogP contribution is 2.22. The lowest BCUT2D eigenvalue weighted by molar-refractivity contribution is 0.190. The minimum absolute atomic E-state index is 0.0550. The van der Waals surface area contributed by atoms with E-state index >= 15 is 0 Å². The van der Waals surface area contributed by atoms with Gasteiger partial charge in [-0.25, -0.2) is 0 Å². The van der Waals surface area contributed by atoms with Crippen molar-refractivity contribution >= 4 is 28.4 Å². The Morgan fingerprint density at radius 1 is 1.00 bits per heavy atom. The zero-order valence-electron chi connectivity index (χ0n) is 16.2. The largest absolute Gasteiger partial charge is 0.493 e. The number of aromatic nitrogens is 4. The molecule has 4 aromatic rings. The topological polar surface area (TPSA) is 70.7 Å². The number of ether oxygens (including phenoxy) is 2. The van der Waals surface area contributed by atoms with Crippen LogP contribution >= 0.6 is 11.8 Å². The fourth-order valence-corrected chi connectivity index (χ4v) is 3.96. The van der Waals surface area contributed by atoms with Gasteiger partial charge < -0.3 is 9.47 Å². The van der Waals surface area contributed by atoms with E-state index < -0.39 is 0 Å². The van der Waals surface area contributed by atoms with E-state index in [1.165, 1.54) is 0 Å². The first kappa shape index (κ1) is 19.5. The number of thioether (sulfide) groups is 1. The molecule has 0 N–H and O–H groups in total. The Morgan fingerprint density at radius 2 is 1.79 bits per heavy atom. The SMILES string of the molecule is COCCCn1c(=O)c2ccccc2n2c(SCCOc3ccccc3)nnc12. The molecule has 2 aromatic heterocycles. The maximum atomic E-state index is 13.0. The van der Waals surface area contributed by atoms with Crippen molar-refractivity contribution in [3.05, 3.63) is 65.0 Å². The van der Waals surface area contributed by atoms with Gasteiger partial charge in [0.15, 0.2) is 5.16 Å². The summed E-state index contributed by atoms with van der Waals surface area (Å²) in [6, 6.07) is 17.3. The van der Waals surface area contributed by atoms with Crippen LogP contribution in [0.1, 0.15) is 6.42 Å². The molecule has 0 aliphatic heterocycles. The second-order valence-corrected chi connectivity index (χ2v) is 7.51. The van der Waals surface area contributed by atoms with Gasteiger partial charge in [0.05, 0.1) is 17.5 Å². The van der Waals surface area contributed by atoms with Gasteiger partial charge in [0.25, 0.3) is 5.56 Å². The van der Waals surface area contributed by atoms with Crippen LogP contribution in [-0.4, -0.2) is 45.2 Å². The molecule has 2 heterocycles. The van der Waals surface area contributed by atoms with E-state index in [9.17, 15) is 4.79 Å². The predicted molar refractivity (Wildman–Crippen MR) is 114 cm³/mol. The van der Waals surface area contributed by atoms with E-state index in [1.54, 1.807) is 23.4 Å². The fourth-order valence-electron chi connectivity index (χ4n) is 3.20. The first-order valence-corrected chi connectivity index (χ1v) is 10.4. The number of aryl methyl sites for hydroxylation is 1. The van der Waals surface area contributed by atoms with Crippen molar-refractivity contribution < 1.29 is 9.47 Å². The van der Waals surface area contributed by atoms with Crippen LogP contribution in [0.3, 0.4) is 0 Å². The van der Waals surface area contributed by atoms with Crippen LogP contribution in [-0.2, 0) is 11.3 Å². The normalized spacial score (nSPS) is 11.3. The molecule has 0 amide bonds. The van der Waals surface area contributed by atoms with E-state index in [1.807, 2.05) is 59.0 Å². The van der Waals surface area contributed by atoms with E-state index in [4.69, 9.17) is 9.47 Å². The summed E-state index contributed by atoms with van der Waals surface area (Å²) in [5.74, 6) is 2.11. The van der Waals surface area contributed by atoms with Crippen molar-refractivity contribution in [3.8, 4) is 5.75 Å². The highest BCUT2D eigenvalue weighted by molar-refractivity contribution is 7.99. The molecule has 4 rings (SSSR count). The van der Waals surface area contributed by atoms with Crippen molar-refractivity contribution in [3.63, 3.8) is 0 Å². The fraction of sp³-hybridized carbons (Fsp3) is 0.286. The van der Waals surface area contributed by atoms with Gasteiger partial charge >= 0.3 is 0 Å². The lowest BCUT2D eigenvalue weighted by atomic mass is 10.2. The van der Waals surface area contributed by atoms with Crippen molar-refractivity contribution in [1.29, 1.82) is 0 Å². The summed E-state index contributed by atoms with van der Waals surface area (Å²) in [7, 11) is 1.65. The molecule has 0 unspecified atom stereocenters. The van der Waals surface area contributed by atoms with Crippen LogP contribution in [0, 0.1) is 0 Å². The van der Waals surface area contributed by atoms with Gasteiger partial charge in [0.2, 0.25) is 5.78 Å². The van der Waals surface area contributed by atoms with Crippen LogP contribution in [0.2, 0.25) is 0 Å². The molecule has 0 radical (unpaired) electrons. The summed E-state index contributed by atoms with van der Waals surface area (Å²) in [6.45, 7) is 1.66. The van der Waals surface area contributed by atoms with Gasteiger partial charge in [-0.3, -0.25) is 13.8 Å². The Hall–Kier alpha value is -2.84. The molecule has 8 heteroatoms. The van der Waals surface area contributed by atoms with E-state index in [2.05, 4.69) is 10.2 Å². The smallest absolute Gasteiger partial charge is 0.262 e. The van der Waals surface area contributed by atoms with Crippen LogP contribution in [0.25, 0.3) is 16.7 Å². The van der Waals surface area contributed by atoms with Gasteiger partial charge in [0, 0.05) is 26.0 Å². The molecular weight excluding hydrogens is 388 g/mol.